The maximum absolute atomic E-state index is 2.79. The summed E-state index contributed by atoms with van der Waals surface area (Å²) in [6, 6.07) is 1.78. The second-order valence-corrected chi connectivity index (χ2v) is 6.37. The Hall–Kier alpha value is -0.0400. The molecular weight excluding hydrogens is 182 g/mol. The van der Waals surface area contributed by atoms with E-state index in [1.54, 1.807) is 0 Å². The average molecular weight is 207 g/mol. The molecule has 0 amide bonds. The van der Waals surface area contributed by atoms with E-state index in [1.807, 2.05) is 0 Å². The third-order valence-electron chi connectivity index (χ3n) is 6.36. The highest BCUT2D eigenvalue weighted by Crippen LogP contribution is 2.67. The highest BCUT2D eigenvalue weighted by molar-refractivity contribution is 5.19. The smallest absolute Gasteiger partial charge is 0.0166 e. The van der Waals surface area contributed by atoms with Gasteiger partial charge in [-0.15, -0.1) is 0 Å². The molecule has 86 valence electrons. The molecule has 0 radical (unpaired) electrons. The highest BCUT2D eigenvalue weighted by Gasteiger charge is 2.69. The Morgan fingerprint density at radius 3 is 1.93 bits per heavy atom. The normalized spacial score (nSPS) is 63.0. The number of hydrogen-bond acceptors (Lipinski definition) is 1. The minimum atomic E-state index is 0.829. The molecule has 3 aliphatic rings. The van der Waals surface area contributed by atoms with Crippen LogP contribution in [0.1, 0.15) is 34.6 Å². The fourth-order valence-electron chi connectivity index (χ4n) is 5.24. The summed E-state index contributed by atoms with van der Waals surface area (Å²) in [6.45, 7) is 13.5. The van der Waals surface area contributed by atoms with Gasteiger partial charge in [0.1, 0.15) is 0 Å². The fraction of sp³-hybridized carbons (Fsp3) is 1.00. The van der Waals surface area contributed by atoms with Crippen LogP contribution in [0.4, 0.5) is 0 Å². The van der Waals surface area contributed by atoms with E-state index < -0.39 is 0 Å². The van der Waals surface area contributed by atoms with Crippen molar-refractivity contribution in [1.29, 1.82) is 0 Å². The van der Waals surface area contributed by atoms with Gasteiger partial charge in [0.2, 0.25) is 0 Å². The van der Waals surface area contributed by atoms with Crippen molar-refractivity contribution in [3.05, 3.63) is 0 Å². The molecule has 15 heavy (non-hydrogen) atoms. The van der Waals surface area contributed by atoms with Gasteiger partial charge in [0.05, 0.1) is 0 Å². The molecule has 0 bridgehead atoms. The van der Waals surface area contributed by atoms with E-state index >= 15 is 0 Å². The van der Waals surface area contributed by atoms with Crippen LogP contribution in [0.25, 0.3) is 0 Å². The summed E-state index contributed by atoms with van der Waals surface area (Å²) in [5, 5.41) is 0. The van der Waals surface area contributed by atoms with Crippen LogP contribution in [0.2, 0.25) is 0 Å². The molecule has 2 aliphatic carbocycles. The van der Waals surface area contributed by atoms with E-state index in [0.29, 0.717) is 0 Å². The van der Waals surface area contributed by atoms with Gasteiger partial charge in [0, 0.05) is 12.1 Å². The Kier molecular flexibility index (Phi) is 2.03. The van der Waals surface area contributed by atoms with Crippen LogP contribution in [-0.2, 0) is 0 Å². The second-order valence-electron chi connectivity index (χ2n) is 6.37. The molecule has 1 aliphatic heterocycles. The topological polar surface area (TPSA) is 3.24 Å². The molecule has 1 heterocycles. The zero-order valence-corrected chi connectivity index (χ0v) is 10.8. The molecule has 1 heteroatoms. The van der Waals surface area contributed by atoms with E-state index in [1.165, 1.54) is 6.54 Å². The molecule has 0 N–H and O–H groups in total. The Labute approximate surface area is 94.2 Å². The minimum absolute atomic E-state index is 0.829. The van der Waals surface area contributed by atoms with E-state index in [9.17, 15) is 0 Å². The molecular formula is C14H25N. The summed E-state index contributed by atoms with van der Waals surface area (Å²) in [5.74, 6) is 6.10. The summed E-state index contributed by atoms with van der Waals surface area (Å²) >= 11 is 0. The summed E-state index contributed by atoms with van der Waals surface area (Å²) in [5.41, 5.74) is 0. The Balaban J connectivity index is 1.86. The van der Waals surface area contributed by atoms with Crippen LogP contribution in [0.15, 0.2) is 0 Å². The van der Waals surface area contributed by atoms with Crippen molar-refractivity contribution in [3.8, 4) is 0 Å². The number of likely N-dealkylation sites (tertiary alicyclic amines) is 1. The van der Waals surface area contributed by atoms with Crippen LogP contribution < -0.4 is 0 Å². The quantitative estimate of drug-likeness (QED) is 0.639. The number of nitrogens with zero attached hydrogens (tertiary/aromatic N) is 1. The predicted molar refractivity (Wildman–Crippen MR) is 63.6 cm³/mol. The van der Waals surface area contributed by atoms with Crippen LogP contribution in [0.5, 0.6) is 0 Å². The zero-order valence-electron chi connectivity index (χ0n) is 10.8. The number of hydrogen-bond donors (Lipinski definition) is 0. The fourth-order valence-corrected chi connectivity index (χ4v) is 5.24. The molecule has 0 aromatic carbocycles. The van der Waals surface area contributed by atoms with E-state index in [0.717, 1.165) is 47.6 Å². The van der Waals surface area contributed by atoms with Gasteiger partial charge in [-0.1, -0.05) is 27.7 Å². The molecule has 0 unspecified atom stereocenters. The molecule has 2 saturated carbocycles. The lowest BCUT2D eigenvalue weighted by Gasteiger charge is -2.67. The van der Waals surface area contributed by atoms with E-state index in [4.69, 9.17) is 0 Å². The van der Waals surface area contributed by atoms with Gasteiger partial charge < -0.3 is 0 Å². The highest BCUT2D eigenvalue weighted by atomic mass is 15.2. The Bertz CT molecular complexity index is 275. The van der Waals surface area contributed by atoms with Crippen molar-refractivity contribution >= 4 is 0 Å². The predicted octanol–water partition coefficient (Wildman–Crippen LogP) is 2.86. The first kappa shape index (κ1) is 10.1. The first-order valence-corrected chi connectivity index (χ1v) is 6.85. The largest absolute Gasteiger partial charge is 0.297 e. The van der Waals surface area contributed by atoms with Crippen molar-refractivity contribution in [2.45, 2.75) is 46.7 Å². The second kappa shape index (κ2) is 3.00. The van der Waals surface area contributed by atoms with Crippen LogP contribution in [0.3, 0.4) is 0 Å². The maximum atomic E-state index is 2.79. The summed E-state index contributed by atoms with van der Waals surface area (Å²) in [4.78, 5) is 2.79. The van der Waals surface area contributed by atoms with Gasteiger partial charge in [-0.05, 0) is 49.0 Å². The van der Waals surface area contributed by atoms with Crippen molar-refractivity contribution in [2.24, 2.45) is 35.5 Å². The Morgan fingerprint density at radius 1 is 0.800 bits per heavy atom. The first-order chi connectivity index (χ1) is 7.09. The summed E-state index contributed by atoms with van der Waals surface area (Å²) < 4.78 is 0. The molecule has 1 nitrogen and oxygen atoms in total. The van der Waals surface area contributed by atoms with Gasteiger partial charge in [-0.3, -0.25) is 4.90 Å². The van der Waals surface area contributed by atoms with Gasteiger partial charge in [-0.25, -0.2) is 0 Å². The van der Waals surface area contributed by atoms with Crippen molar-refractivity contribution < 1.29 is 0 Å². The van der Waals surface area contributed by atoms with Gasteiger partial charge in [0.15, 0.2) is 0 Å². The van der Waals surface area contributed by atoms with Crippen molar-refractivity contribution in [2.75, 3.05) is 6.54 Å². The van der Waals surface area contributed by atoms with Crippen molar-refractivity contribution in [3.63, 3.8) is 0 Å². The summed E-state index contributed by atoms with van der Waals surface area (Å²) in [7, 11) is 0. The summed E-state index contributed by atoms with van der Waals surface area (Å²) in [6.07, 6.45) is 0. The first-order valence-electron chi connectivity index (χ1n) is 6.85. The Morgan fingerprint density at radius 2 is 1.33 bits per heavy atom. The number of rotatable bonds is 1. The lowest BCUT2D eigenvalue weighted by atomic mass is 9.40. The van der Waals surface area contributed by atoms with Gasteiger partial charge in [0.25, 0.3) is 0 Å². The lowest BCUT2D eigenvalue weighted by Crippen LogP contribution is -2.68. The van der Waals surface area contributed by atoms with Crippen LogP contribution in [0, 0.1) is 35.5 Å². The van der Waals surface area contributed by atoms with Gasteiger partial charge in [-0.2, -0.15) is 0 Å². The monoisotopic (exact) mass is 207 g/mol. The third-order valence-corrected chi connectivity index (χ3v) is 6.36. The molecule has 0 spiro atoms. The van der Waals surface area contributed by atoms with Gasteiger partial charge >= 0.3 is 0 Å². The minimum Gasteiger partial charge on any atom is -0.297 e. The maximum Gasteiger partial charge on any atom is 0.0166 e. The molecule has 0 aromatic rings. The number of fused-ring (bicyclic) bond motifs is 4. The van der Waals surface area contributed by atoms with E-state index in [2.05, 4.69) is 39.5 Å². The van der Waals surface area contributed by atoms with Crippen molar-refractivity contribution in [1.82, 2.24) is 4.90 Å². The van der Waals surface area contributed by atoms with Crippen LogP contribution in [-0.4, -0.2) is 23.5 Å². The SMILES string of the molecule is CCN1[C@@H]2[C@H]([C@@H](C)[C@H]1C)[C@H]1[C@H](C)[C@H](C)[C@@H]12. The molecule has 0 aromatic heterocycles. The lowest BCUT2D eigenvalue weighted by molar-refractivity contribution is -0.183. The zero-order chi connectivity index (χ0) is 10.9. The average Bonchev–Trinajstić information content (AvgIpc) is 2.39. The molecule has 3 rings (SSSR count). The van der Waals surface area contributed by atoms with E-state index in [-0.39, 0.29) is 0 Å². The standard InChI is InChI=1S/C14H25N/c1-6-15-10(5)9(4)13-11-7(2)8(3)12(11)14(13)15/h7-14H,6H2,1-5H3/t7-,8+,9+,10-,11+,12+,13-,14+/m1/s1. The molecule has 3 fully saturated rings. The molecule has 1 saturated heterocycles. The van der Waals surface area contributed by atoms with Crippen LogP contribution >= 0.6 is 0 Å². The molecule has 8 atom stereocenters. The third kappa shape index (κ3) is 0.945.